The summed E-state index contributed by atoms with van der Waals surface area (Å²) in [5, 5.41) is 0. The Morgan fingerprint density at radius 1 is 1.50 bits per heavy atom. The molecule has 0 aliphatic carbocycles. The van der Waals surface area contributed by atoms with Crippen molar-refractivity contribution in [2.24, 2.45) is 5.73 Å². The molecule has 88 valence electrons. The van der Waals surface area contributed by atoms with Crippen LogP contribution >= 0.6 is 15.9 Å². The lowest BCUT2D eigenvalue weighted by molar-refractivity contribution is -0.122. The van der Waals surface area contributed by atoms with Crippen LogP contribution in [0.2, 0.25) is 0 Å². The topological polar surface area (TPSA) is 52.3 Å². The first kappa shape index (κ1) is 13.3. The smallest absolute Gasteiger partial charge is 0.162 e. The summed E-state index contributed by atoms with van der Waals surface area (Å²) in [4.78, 5) is 11.4. The summed E-state index contributed by atoms with van der Waals surface area (Å²) >= 11 is 3.22. The average Bonchev–Trinajstić information content (AvgIpc) is 2.24. The highest BCUT2D eigenvalue weighted by atomic mass is 79.9. The summed E-state index contributed by atoms with van der Waals surface area (Å²) in [5.41, 5.74) is 5.58. The minimum atomic E-state index is -0.379. The maximum atomic E-state index is 13.3. The van der Waals surface area contributed by atoms with Gasteiger partial charge in [0.15, 0.2) is 5.78 Å². The van der Waals surface area contributed by atoms with Crippen LogP contribution in [0.15, 0.2) is 22.7 Å². The molecule has 1 aromatic carbocycles. The van der Waals surface area contributed by atoms with Gasteiger partial charge in [-0.15, -0.1) is 0 Å². The molecule has 1 rings (SSSR count). The van der Waals surface area contributed by atoms with Crippen molar-refractivity contribution in [3.63, 3.8) is 0 Å². The first-order chi connectivity index (χ1) is 7.63. The normalized spacial score (nSPS) is 10.4. The van der Waals surface area contributed by atoms with Gasteiger partial charge >= 0.3 is 0 Å². The van der Waals surface area contributed by atoms with E-state index in [2.05, 4.69) is 15.9 Å². The monoisotopic (exact) mass is 289 g/mol. The van der Waals surface area contributed by atoms with Crippen LogP contribution in [0.5, 0.6) is 0 Å². The predicted molar refractivity (Wildman–Crippen MR) is 62.7 cm³/mol. The van der Waals surface area contributed by atoms with Crippen molar-refractivity contribution in [2.75, 3.05) is 19.8 Å². The molecule has 0 fully saturated rings. The first-order valence-electron chi connectivity index (χ1n) is 4.87. The van der Waals surface area contributed by atoms with Gasteiger partial charge in [0.05, 0.1) is 6.61 Å². The molecule has 0 aromatic heterocycles. The highest BCUT2D eigenvalue weighted by Gasteiger charge is 2.08. The Kier molecular flexibility index (Phi) is 5.59. The molecule has 3 nitrogen and oxygen atoms in total. The van der Waals surface area contributed by atoms with Gasteiger partial charge in [-0.2, -0.15) is 0 Å². The van der Waals surface area contributed by atoms with Crippen molar-refractivity contribution in [2.45, 2.75) is 6.42 Å². The Bertz CT molecular complexity index is 371. The van der Waals surface area contributed by atoms with E-state index in [1.54, 1.807) is 12.1 Å². The molecule has 0 unspecified atom stereocenters. The van der Waals surface area contributed by atoms with Crippen LogP contribution in [0.25, 0.3) is 0 Å². The highest BCUT2D eigenvalue weighted by Crippen LogP contribution is 2.16. The second kappa shape index (κ2) is 6.73. The lowest BCUT2D eigenvalue weighted by atomic mass is 10.1. The van der Waals surface area contributed by atoms with Crippen LogP contribution in [0, 0.1) is 5.82 Å². The number of carbonyl (C=O) groups is 1. The Morgan fingerprint density at radius 2 is 2.25 bits per heavy atom. The van der Waals surface area contributed by atoms with E-state index in [0.29, 0.717) is 18.7 Å². The van der Waals surface area contributed by atoms with Crippen molar-refractivity contribution < 1.29 is 13.9 Å². The third-order valence-corrected chi connectivity index (χ3v) is 2.41. The molecule has 1 aromatic rings. The largest absolute Gasteiger partial charge is 0.372 e. The summed E-state index contributed by atoms with van der Waals surface area (Å²) in [7, 11) is 0. The maximum absolute atomic E-state index is 13.3. The fourth-order valence-corrected chi connectivity index (χ4v) is 1.62. The van der Waals surface area contributed by atoms with Gasteiger partial charge in [0, 0.05) is 17.4 Å². The quantitative estimate of drug-likeness (QED) is 0.811. The number of ether oxygens (including phenoxy) is 1. The van der Waals surface area contributed by atoms with Crippen LogP contribution in [-0.4, -0.2) is 25.5 Å². The van der Waals surface area contributed by atoms with Crippen LogP contribution in [0.1, 0.15) is 5.56 Å². The summed E-state index contributed by atoms with van der Waals surface area (Å²) in [6.07, 6.45) is 0.0375. The lowest BCUT2D eigenvalue weighted by Crippen LogP contribution is -2.16. The van der Waals surface area contributed by atoms with Crippen molar-refractivity contribution in [1.29, 1.82) is 0 Å². The van der Waals surface area contributed by atoms with E-state index < -0.39 is 0 Å². The summed E-state index contributed by atoms with van der Waals surface area (Å²) in [5.74, 6) is -0.541. The van der Waals surface area contributed by atoms with E-state index in [4.69, 9.17) is 10.5 Å². The predicted octanol–water partition coefficient (Wildman–Crippen LogP) is 1.68. The van der Waals surface area contributed by atoms with Crippen LogP contribution < -0.4 is 5.73 Å². The molecule has 0 aliphatic rings. The van der Waals surface area contributed by atoms with E-state index in [1.807, 2.05) is 0 Å². The van der Waals surface area contributed by atoms with Gasteiger partial charge in [0.1, 0.15) is 12.4 Å². The zero-order valence-electron chi connectivity index (χ0n) is 8.71. The Balaban J connectivity index is 2.52. The Hall–Kier alpha value is -0.780. The van der Waals surface area contributed by atoms with Gasteiger partial charge in [-0.3, -0.25) is 4.79 Å². The van der Waals surface area contributed by atoms with Gasteiger partial charge < -0.3 is 10.5 Å². The second-order valence-electron chi connectivity index (χ2n) is 3.29. The molecule has 0 aliphatic heterocycles. The zero-order valence-corrected chi connectivity index (χ0v) is 10.3. The molecule has 0 heterocycles. The lowest BCUT2D eigenvalue weighted by Gasteiger charge is -2.04. The number of benzene rings is 1. The van der Waals surface area contributed by atoms with Gasteiger partial charge in [0.2, 0.25) is 0 Å². The third-order valence-electron chi connectivity index (χ3n) is 1.92. The molecule has 5 heteroatoms. The molecular weight excluding hydrogens is 277 g/mol. The molecule has 0 bridgehead atoms. The number of halogens is 2. The highest BCUT2D eigenvalue weighted by molar-refractivity contribution is 9.10. The van der Waals surface area contributed by atoms with Gasteiger partial charge in [-0.25, -0.2) is 4.39 Å². The molecule has 2 N–H and O–H groups in total. The molecule has 0 atom stereocenters. The number of carbonyl (C=O) groups excluding carboxylic acids is 1. The molecule has 16 heavy (non-hydrogen) atoms. The van der Waals surface area contributed by atoms with Gasteiger partial charge in [-0.1, -0.05) is 15.9 Å². The average molecular weight is 290 g/mol. The molecule has 0 saturated carbocycles. The van der Waals surface area contributed by atoms with Crippen LogP contribution in [0.3, 0.4) is 0 Å². The molecule has 0 radical (unpaired) electrons. The van der Waals surface area contributed by atoms with Gasteiger partial charge in [-0.05, 0) is 23.8 Å². The molecular formula is C11H13BrFNO2. The summed E-state index contributed by atoms with van der Waals surface area (Å²) < 4.78 is 19.0. The third kappa shape index (κ3) is 4.38. The Labute approximate surface area is 102 Å². The minimum Gasteiger partial charge on any atom is -0.372 e. The SMILES string of the molecule is NCCOCC(=O)Cc1cc(Br)ccc1F. The van der Waals surface area contributed by atoms with E-state index >= 15 is 0 Å². The number of ketones is 1. The maximum Gasteiger partial charge on any atom is 0.162 e. The van der Waals surface area contributed by atoms with Crippen molar-refractivity contribution in [3.8, 4) is 0 Å². The van der Waals surface area contributed by atoms with Crippen molar-refractivity contribution >= 4 is 21.7 Å². The molecule has 0 amide bonds. The van der Waals surface area contributed by atoms with E-state index in [9.17, 15) is 9.18 Å². The number of Topliss-reactive ketones (excluding diaryl/α,β-unsaturated/α-hetero) is 1. The molecule has 0 spiro atoms. The first-order valence-corrected chi connectivity index (χ1v) is 5.66. The Morgan fingerprint density at radius 3 is 2.94 bits per heavy atom. The summed E-state index contributed by atoms with van der Waals surface area (Å²) in [6, 6.07) is 4.51. The number of hydrogen-bond acceptors (Lipinski definition) is 3. The van der Waals surface area contributed by atoms with Crippen molar-refractivity contribution in [3.05, 3.63) is 34.1 Å². The zero-order chi connectivity index (χ0) is 12.0. The fraction of sp³-hybridized carbons (Fsp3) is 0.364. The standard InChI is InChI=1S/C11H13BrFNO2/c12-9-1-2-11(13)8(5-9)6-10(15)7-16-4-3-14/h1-2,5H,3-4,6-7,14H2. The van der Waals surface area contributed by atoms with Crippen LogP contribution in [-0.2, 0) is 16.0 Å². The van der Waals surface area contributed by atoms with Crippen molar-refractivity contribution in [1.82, 2.24) is 0 Å². The number of rotatable bonds is 6. The number of hydrogen-bond donors (Lipinski definition) is 1. The van der Waals surface area contributed by atoms with E-state index in [-0.39, 0.29) is 24.6 Å². The van der Waals surface area contributed by atoms with E-state index in [0.717, 1.165) is 4.47 Å². The number of nitrogens with two attached hydrogens (primary N) is 1. The van der Waals surface area contributed by atoms with Crippen LogP contribution in [0.4, 0.5) is 4.39 Å². The van der Waals surface area contributed by atoms with E-state index in [1.165, 1.54) is 6.07 Å². The molecule has 0 saturated heterocycles. The second-order valence-corrected chi connectivity index (χ2v) is 4.21. The fourth-order valence-electron chi connectivity index (χ4n) is 1.21. The van der Waals surface area contributed by atoms with Gasteiger partial charge in [0.25, 0.3) is 0 Å². The minimum absolute atomic E-state index is 0.0246. The summed E-state index contributed by atoms with van der Waals surface area (Å²) in [6.45, 7) is 0.689.